The number of benzene rings is 1. The molecule has 0 atom stereocenters. The fourth-order valence-corrected chi connectivity index (χ4v) is 3.35. The van der Waals surface area contributed by atoms with Crippen molar-refractivity contribution < 1.29 is 18.4 Å². The third-order valence-corrected chi connectivity index (χ3v) is 4.80. The van der Waals surface area contributed by atoms with Crippen LogP contribution in [0.1, 0.15) is 32.1 Å². The summed E-state index contributed by atoms with van der Waals surface area (Å²) in [4.78, 5) is 27.2. The van der Waals surface area contributed by atoms with Gasteiger partial charge in [-0.25, -0.2) is 13.6 Å². The van der Waals surface area contributed by atoms with Gasteiger partial charge in [0.15, 0.2) is 11.6 Å². The molecule has 0 saturated carbocycles. The Hall–Kier alpha value is -2.44. The zero-order chi connectivity index (χ0) is 18.5. The molecular weight excluding hydrogens is 340 g/mol. The van der Waals surface area contributed by atoms with Crippen molar-refractivity contribution in [2.75, 3.05) is 31.1 Å². The van der Waals surface area contributed by atoms with Crippen molar-refractivity contribution >= 4 is 17.6 Å². The second kappa shape index (κ2) is 8.29. The number of nitrogens with one attached hydrogen (secondary N) is 1. The van der Waals surface area contributed by atoms with Crippen LogP contribution in [0.4, 0.5) is 19.3 Å². The smallest absolute Gasteiger partial charge is 0.325 e. The average Bonchev–Trinajstić information content (AvgIpc) is 2.99. The van der Waals surface area contributed by atoms with Crippen LogP contribution in [-0.2, 0) is 4.79 Å². The molecule has 7 heteroatoms. The number of carbonyl (C=O) groups is 2. The monoisotopic (exact) mass is 363 g/mol. The SMILES string of the molecule is O=C(CN1CCN(c2ccc(F)c(F)c2)C1=O)NCCC1=CCCCC1. The highest BCUT2D eigenvalue weighted by atomic mass is 19.2. The van der Waals surface area contributed by atoms with Crippen molar-refractivity contribution in [1.82, 2.24) is 10.2 Å². The molecule has 0 unspecified atom stereocenters. The molecule has 1 N–H and O–H groups in total. The minimum absolute atomic E-state index is 0.0297. The van der Waals surface area contributed by atoms with Gasteiger partial charge in [-0.2, -0.15) is 0 Å². The maximum Gasteiger partial charge on any atom is 0.325 e. The molecule has 2 aliphatic rings. The number of anilines is 1. The molecule has 1 aliphatic heterocycles. The highest BCUT2D eigenvalue weighted by Crippen LogP contribution is 2.22. The molecule has 26 heavy (non-hydrogen) atoms. The largest absolute Gasteiger partial charge is 0.354 e. The van der Waals surface area contributed by atoms with E-state index in [1.165, 1.54) is 34.3 Å². The Bertz CT molecular complexity index is 721. The van der Waals surface area contributed by atoms with E-state index in [4.69, 9.17) is 0 Å². The van der Waals surface area contributed by atoms with E-state index in [9.17, 15) is 18.4 Å². The number of hydrogen-bond donors (Lipinski definition) is 1. The summed E-state index contributed by atoms with van der Waals surface area (Å²) in [6.07, 6.45) is 7.76. The zero-order valence-electron chi connectivity index (χ0n) is 14.6. The normalized spacial score (nSPS) is 17.5. The second-order valence-corrected chi connectivity index (χ2v) is 6.66. The molecule has 0 bridgehead atoms. The van der Waals surface area contributed by atoms with Crippen molar-refractivity contribution in [1.29, 1.82) is 0 Å². The van der Waals surface area contributed by atoms with Crippen molar-refractivity contribution in [2.45, 2.75) is 32.1 Å². The van der Waals surface area contributed by atoms with Crippen LogP contribution >= 0.6 is 0 Å². The standard InChI is InChI=1S/C19H23F2N3O2/c20-16-7-6-15(12-17(16)21)24-11-10-23(19(24)26)13-18(25)22-9-8-14-4-2-1-3-5-14/h4,6-7,12H,1-3,5,8-11,13H2,(H,22,25). The van der Waals surface area contributed by atoms with E-state index < -0.39 is 11.6 Å². The minimum atomic E-state index is -0.997. The summed E-state index contributed by atoms with van der Waals surface area (Å²) in [5, 5.41) is 2.85. The van der Waals surface area contributed by atoms with E-state index in [1.807, 2.05) is 0 Å². The number of amides is 3. The fraction of sp³-hybridized carbons (Fsp3) is 0.474. The topological polar surface area (TPSA) is 52.7 Å². The lowest BCUT2D eigenvalue weighted by molar-refractivity contribution is -0.121. The zero-order valence-corrected chi connectivity index (χ0v) is 14.6. The highest BCUT2D eigenvalue weighted by molar-refractivity contribution is 5.96. The Labute approximate surface area is 151 Å². The van der Waals surface area contributed by atoms with E-state index >= 15 is 0 Å². The summed E-state index contributed by atoms with van der Waals surface area (Å²) in [6.45, 7) is 1.25. The Kier molecular flexibility index (Phi) is 5.85. The molecule has 1 aliphatic carbocycles. The number of nitrogens with zero attached hydrogens (tertiary/aromatic N) is 2. The quantitative estimate of drug-likeness (QED) is 0.789. The van der Waals surface area contributed by atoms with Crippen LogP contribution in [-0.4, -0.2) is 43.0 Å². The van der Waals surface area contributed by atoms with Crippen molar-refractivity contribution in [3.05, 3.63) is 41.5 Å². The van der Waals surface area contributed by atoms with E-state index in [0.29, 0.717) is 25.3 Å². The molecule has 140 valence electrons. The number of urea groups is 1. The van der Waals surface area contributed by atoms with Crippen LogP contribution in [0.25, 0.3) is 0 Å². The average molecular weight is 363 g/mol. The number of allylic oxidation sites excluding steroid dienone is 1. The molecule has 1 aromatic rings. The maximum atomic E-state index is 13.4. The maximum absolute atomic E-state index is 13.4. The Morgan fingerprint density at radius 1 is 1.15 bits per heavy atom. The molecule has 1 aromatic carbocycles. The third-order valence-electron chi connectivity index (χ3n) is 4.80. The summed E-state index contributed by atoms with van der Waals surface area (Å²) in [5.41, 5.74) is 1.68. The van der Waals surface area contributed by atoms with E-state index in [0.717, 1.165) is 31.4 Å². The lowest BCUT2D eigenvalue weighted by atomic mass is 9.97. The molecule has 5 nitrogen and oxygen atoms in total. The van der Waals surface area contributed by atoms with Crippen LogP contribution in [0.2, 0.25) is 0 Å². The molecule has 3 amide bonds. The number of hydrogen-bond acceptors (Lipinski definition) is 2. The van der Waals surface area contributed by atoms with Gasteiger partial charge in [0, 0.05) is 31.4 Å². The van der Waals surface area contributed by atoms with E-state index in [2.05, 4.69) is 11.4 Å². The lowest BCUT2D eigenvalue weighted by Crippen LogP contribution is -2.40. The van der Waals surface area contributed by atoms with Gasteiger partial charge in [0.2, 0.25) is 5.91 Å². The summed E-state index contributed by atoms with van der Waals surface area (Å²) in [7, 11) is 0. The first kappa shape index (κ1) is 18.4. The minimum Gasteiger partial charge on any atom is -0.354 e. The number of carbonyl (C=O) groups excluding carboxylic acids is 2. The van der Waals surface area contributed by atoms with Crippen LogP contribution < -0.4 is 10.2 Å². The van der Waals surface area contributed by atoms with Gasteiger partial charge in [-0.05, 0) is 44.2 Å². The molecule has 1 fully saturated rings. The van der Waals surface area contributed by atoms with Crippen molar-refractivity contribution in [3.8, 4) is 0 Å². The number of halogens is 2. The summed E-state index contributed by atoms with van der Waals surface area (Å²) < 4.78 is 26.4. The number of rotatable bonds is 6. The van der Waals surface area contributed by atoms with E-state index in [-0.39, 0.29) is 18.5 Å². The van der Waals surface area contributed by atoms with Gasteiger partial charge in [0.1, 0.15) is 6.54 Å². The summed E-state index contributed by atoms with van der Waals surface area (Å²) >= 11 is 0. The van der Waals surface area contributed by atoms with Crippen molar-refractivity contribution in [3.63, 3.8) is 0 Å². The molecule has 0 spiro atoms. The highest BCUT2D eigenvalue weighted by Gasteiger charge is 2.31. The van der Waals surface area contributed by atoms with E-state index in [1.54, 1.807) is 0 Å². The van der Waals surface area contributed by atoms with Crippen molar-refractivity contribution in [2.24, 2.45) is 0 Å². The predicted octanol–water partition coefficient (Wildman–Crippen LogP) is 3.21. The van der Waals surface area contributed by atoms with Gasteiger partial charge in [0.05, 0.1) is 0 Å². The first-order chi connectivity index (χ1) is 12.5. The molecule has 1 saturated heterocycles. The fourth-order valence-electron chi connectivity index (χ4n) is 3.35. The van der Waals surface area contributed by atoms with Gasteiger partial charge in [-0.15, -0.1) is 0 Å². The molecule has 0 aromatic heterocycles. The first-order valence-corrected chi connectivity index (χ1v) is 9.00. The molecular formula is C19H23F2N3O2. The Morgan fingerprint density at radius 3 is 2.73 bits per heavy atom. The Morgan fingerprint density at radius 2 is 2.00 bits per heavy atom. The molecule has 3 rings (SSSR count). The van der Waals surface area contributed by atoms with Gasteiger partial charge >= 0.3 is 6.03 Å². The third kappa shape index (κ3) is 4.39. The van der Waals surface area contributed by atoms with Gasteiger partial charge in [-0.3, -0.25) is 9.69 Å². The molecule has 0 radical (unpaired) electrons. The van der Waals surface area contributed by atoms with Crippen LogP contribution in [0.5, 0.6) is 0 Å². The van der Waals surface area contributed by atoms with Gasteiger partial charge < -0.3 is 10.2 Å². The van der Waals surface area contributed by atoms with Gasteiger partial charge in [-0.1, -0.05) is 11.6 Å². The predicted molar refractivity (Wildman–Crippen MR) is 94.9 cm³/mol. The van der Waals surface area contributed by atoms with Gasteiger partial charge in [0.25, 0.3) is 0 Å². The Balaban J connectivity index is 1.47. The lowest BCUT2D eigenvalue weighted by Gasteiger charge is -2.19. The molecule has 1 heterocycles. The first-order valence-electron chi connectivity index (χ1n) is 9.00. The second-order valence-electron chi connectivity index (χ2n) is 6.66. The summed E-state index contributed by atoms with van der Waals surface area (Å²) in [5.74, 6) is -2.16. The van der Waals surface area contributed by atoms with Crippen LogP contribution in [0, 0.1) is 11.6 Å². The van der Waals surface area contributed by atoms with Crippen LogP contribution in [0.15, 0.2) is 29.8 Å². The summed E-state index contributed by atoms with van der Waals surface area (Å²) in [6, 6.07) is 2.97. The van der Waals surface area contributed by atoms with Crippen LogP contribution in [0.3, 0.4) is 0 Å².